The average molecular weight is 384 g/mol. The number of hydrogen-bond acceptors (Lipinski definition) is 6. The lowest BCUT2D eigenvalue weighted by Gasteiger charge is -2.09. The first-order valence-electron chi connectivity index (χ1n) is 7.50. The van der Waals surface area contributed by atoms with Crippen LogP contribution in [0.25, 0.3) is 22.7 Å². The lowest BCUT2D eigenvalue weighted by molar-refractivity contribution is 0.105. The van der Waals surface area contributed by atoms with Crippen LogP contribution in [0.3, 0.4) is 0 Å². The van der Waals surface area contributed by atoms with Crippen molar-refractivity contribution in [3.63, 3.8) is 0 Å². The third-order valence-corrected chi connectivity index (χ3v) is 4.67. The molecule has 0 saturated carbocycles. The van der Waals surface area contributed by atoms with Crippen molar-refractivity contribution in [3.05, 3.63) is 80.6 Å². The molecule has 3 aromatic heterocycles. The number of hydrogen-bond donors (Lipinski definition) is 0. The Morgan fingerprint density at radius 1 is 1.27 bits per heavy atom. The van der Waals surface area contributed by atoms with E-state index >= 15 is 0 Å². The van der Waals surface area contributed by atoms with Crippen molar-refractivity contribution < 1.29 is 9.21 Å². The molecule has 26 heavy (non-hydrogen) atoms. The molecule has 0 aliphatic heterocycles. The molecule has 6 nitrogen and oxygen atoms in total. The zero-order valence-electron chi connectivity index (χ0n) is 13.1. The molecule has 0 radical (unpaired) electrons. The molecular weight excluding hydrogens is 374 g/mol. The lowest BCUT2D eigenvalue weighted by Crippen LogP contribution is -2.23. The highest BCUT2D eigenvalue weighted by Gasteiger charge is 2.20. The van der Waals surface area contributed by atoms with E-state index < -0.39 is 5.78 Å². The van der Waals surface area contributed by atoms with Crippen molar-refractivity contribution in [1.29, 1.82) is 0 Å². The summed E-state index contributed by atoms with van der Waals surface area (Å²) in [7, 11) is 0. The number of carbonyl (C=O) groups excluding carboxylic acids is 1. The maximum atomic E-state index is 12.9. The fraction of sp³-hybridized carbons (Fsp3) is 0. The molecule has 0 fully saturated rings. The van der Waals surface area contributed by atoms with E-state index in [1.165, 1.54) is 40.8 Å². The van der Waals surface area contributed by atoms with Gasteiger partial charge in [-0.3, -0.25) is 14.2 Å². The van der Waals surface area contributed by atoms with Gasteiger partial charge < -0.3 is 4.42 Å². The number of benzene rings is 1. The van der Waals surface area contributed by atoms with E-state index in [0.717, 1.165) is 0 Å². The topological polar surface area (TPSA) is 78.0 Å². The number of aromatic nitrogens is 3. The molecule has 0 atom stereocenters. The molecular formula is C18H10ClN3O3S. The zero-order chi connectivity index (χ0) is 18.1. The van der Waals surface area contributed by atoms with Crippen molar-refractivity contribution in [2.75, 3.05) is 0 Å². The first-order valence-corrected chi connectivity index (χ1v) is 8.76. The van der Waals surface area contributed by atoms with E-state index in [1.54, 1.807) is 35.7 Å². The van der Waals surface area contributed by atoms with Crippen molar-refractivity contribution in [3.8, 4) is 0 Å². The molecule has 0 saturated heterocycles. The van der Waals surface area contributed by atoms with Gasteiger partial charge in [0.2, 0.25) is 5.78 Å². The number of fused-ring (bicyclic) bond motifs is 1. The Hall–Kier alpha value is -3.03. The normalized spacial score (nSPS) is 11.8. The van der Waals surface area contributed by atoms with Crippen molar-refractivity contribution in [1.82, 2.24) is 14.5 Å². The zero-order valence-corrected chi connectivity index (χ0v) is 14.7. The third kappa shape index (κ3) is 2.98. The minimum atomic E-state index is -0.395. The minimum absolute atomic E-state index is 0.101. The van der Waals surface area contributed by atoms with Crippen LogP contribution < -0.4 is 5.56 Å². The summed E-state index contributed by atoms with van der Waals surface area (Å²) < 4.78 is 6.49. The number of halogens is 1. The standard InChI is InChI=1S/C18H10ClN3O3S/c19-11-3-4-13-14(8-11)21-10-22(18(13)24)15(9-12-2-1-6-25-12)16(23)17-20-5-7-26-17/h1-10H/b15-9-. The smallest absolute Gasteiger partial charge is 0.265 e. The van der Waals surface area contributed by atoms with E-state index in [4.69, 9.17) is 16.0 Å². The SMILES string of the molecule is O=C(/C(=C/c1ccco1)n1cnc2cc(Cl)ccc2c1=O)c1nccs1. The van der Waals surface area contributed by atoms with Gasteiger partial charge in [-0.2, -0.15) is 0 Å². The van der Waals surface area contributed by atoms with Crippen LogP contribution in [0.2, 0.25) is 5.02 Å². The van der Waals surface area contributed by atoms with Crippen molar-refractivity contribution in [2.24, 2.45) is 0 Å². The number of Topliss-reactive ketones (excluding diaryl/α,β-unsaturated/α-hetero) is 1. The molecule has 3 heterocycles. The van der Waals surface area contributed by atoms with E-state index in [1.807, 2.05) is 0 Å². The number of nitrogens with zero attached hydrogens (tertiary/aromatic N) is 3. The second kappa shape index (κ2) is 6.70. The van der Waals surface area contributed by atoms with Gasteiger partial charge in [0.1, 0.15) is 17.8 Å². The summed E-state index contributed by atoms with van der Waals surface area (Å²) in [4.78, 5) is 34.1. The molecule has 4 rings (SSSR count). The second-order valence-electron chi connectivity index (χ2n) is 5.29. The van der Waals surface area contributed by atoms with Crippen LogP contribution in [-0.2, 0) is 0 Å². The Kier molecular flexibility index (Phi) is 4.24. The summed E-state index contributed by atoms with van der Waals surface area (Å²) in [5.41, 5.74) is 0.177. The van der Waals surface area contributed by atoms with Crippen molar-refractivity contribution in [2.45, 2.75) is 0 Å². The summed E-state index contributed by atoms with van der Waals surface area (Å²) >= 11 is 7.15. The van der Waals surface area contributed by atoms with E-state index in [2.05, 4.69) is 9.97 Å². The fourth-order valence-corrected chi connectivity index (χ4v) is 3.21. The van der Waals surface area contributed by atoms with E-state index in [-0.39, 0.29) is 16.3 Å². The van der Waals surface area contributed by atoms with Crippen LogP contribution in [0.1, 0.15) is 15.6 Å². The summed E-state index contributed by atoms with van der Waals surface area (Å²) in [6.07, 6.45) is 5.82. The van der Waals surface area contributed by atoms with Gasteiger partial charge in [0.25, 0.3) is 5.56 Å². The Bertz CT molecular complexity index is 1180. The van der Waals surface area contributed by atoms with Gasteiger partial charge in [-0.15, -0.1) is 11.3 Å². The van der Waals surface area contributed by atoms with Gasteiger partial charge in [-0.1, -0.05) is 11.6 Å². The minimum Gasteiger partial charge on any atom is -0.465 e. The molecule has 0 amide bonds. The largest absolute Gasteiger partial charge is 0.465 e. The number of carbonyl (C=O) groups is 1. The van der Waals surface area contributed by atoms with Crippen LogP contribution in [-0.4, -0.2) is 20.3 Å². The quantitative estimate of drug-likeness (QED) is 0.393. The van der Waals surface area contributed by atoms with Crippen LogP contribution in [0.4, 0.5) is 0 Å². The number of ketones is 1. The van der Waals surface area contributed by atoms with E-state index in [9.17, 15) is 9.59 Å². The number of furan rings is 1. The molecule has 0 N–H and O–H groups in total. The van der Waals surface area contributed by atoms with Gasteiger partial charge in [0, 0.05) is 22.7 Å². The van der Waals surface area contributed by atoms with Crippen LogP contribution in [0, 0.1) is 0 Å². The van der Waals surface area contributed by atoms with Gasteiger partial charge in [-0.05, 0) is 30.3 Å². The second-order valence-corrected chi connectivity index (χ2v) is 6.62. The Morgan fingerprint density at radius 3 is 2.88 bits per heavy atom. The highest BCUT2D eigenvalue weighted by Crippen LogP contribution is 2.20. The highest BCUT2D eigenvalue weighted by molar-refractivity contribution is 7.12. The molecule has 0 aliphatic carbocycles. The molecule has 0 aliphatic rings. The molecule has 128 valence electrons. The van der Waals surface area contributed by atoms with Crippen LogP contribution >= 0.6 is 22.9 Å². The summed E-state index contributed by atoms with van der Waals surface area (Å²) in [6.45, 7) is 0. The summed E-state index contributed by atoms with van der Waals surface area (Å²) in [5.74, 6) is 0.0432. The Labute approximate surface area is 156 Å². The van der Waals surface area contributed by atoms with Crippen LogP contribution in [0.15, 0.2) is 63.7 Å². The van der Waals surface area contributed by atoms with Gasteiger partial charge in [0.05, 0.1) is 17.2 Å². The van der Waals surface area contributed by atoms with Gasteiger partial charge in [0.15, 0.2) is 5.01 Å². The molecule has 0 unspecified atom stereocenters. The Balaban J connectivity index is 1.93. The van der Waals surface area contributed by atoms with E-state index in [0.29, 0.717) is 21.7 Å². The third-order valence-electron chi connectivity index (χ3n) is 3.66. The number of allylic oxidation sites excluding steroid dienone is 1. The monoisotopic (exact) mass is 383 g/mol. The first kappa shape index (κ1) is 16.4. The predicted octanol–water partition coefficient (Wildman–Crippen LogP) is 3.98. The first-order chi connectivity index (χ1) is 12.6. The Morgan fingerprint density at radius 2 is 2.15 bits per heavy atom. The van der Waals surface area contributed by atoms with Gasteiger partial charge >= 0.3 is 0 Å². The fourth-order valence-electron chi connectivity index (χ4n) is 2.46. The van der Waals surface area contributed by atoms with Crippen LogP contribution in [0.5, 0.6) is 0 Å². The maximum Gasteiger partial charge on any atom is 0.265 e. The predicted molar refractivity (Wildman–Crippen MR) is 100 cm³/mol. The molecule has 8 heteroatoms. The lowest BCUT2D eigenvalue weighted by atomic mass is 10.2. The maximum absolute atomic E-state index is 12.9. The number of rotatable bonds is 4. The average Bonchev–Trinajstić information content (AvgIpc) is 3.34. The molecule has 1 aromatic carbocycles. The highest BCUT2D eigenvalue weighted by atomic mass is 35.5. The molecule has 0 bridgehead atoms. The summed E-state index contributed by atoms with van der Waals surface area (Å²) in [5, 5.41) is 2.80. The van der Waals surface area contributed by atoms with Gasteiger partial charge in [-0.25, -0.2) is 9.97 Å². The number of thiazole rings is 1. The molecule has 0 spiro atoms. The van der Waals surface area contributed by atoms with Crippen molar-refractivity contribution >= 4 is 51.4 Å². The molecule has 4 aromatic rings. The summed E-state index contributed by atoms with van der Waals surface area (Å²) in [6, 6.07) is 8.17.